The lowest BCUT2D eigenvalue weighted by atomic mass is 10.1. The van der Waals surface area contributed by atoms with Crippen molar-refractivity contribution in [2.24, 2.45) is 5.92 Å². The van der Waals surface area contributed by atoms with Crippen LogP contribution in [0, 0.1) is 5.92 Å². The highest BCUT2D eigenvalue weighted by Gasteiger charge is 2.35. The first-order valence-corrected chi connectivity index (χ1v) is 7.53. The molecule has 1 aromatic rings. The zero-order valence-corrected chi connectivity index (χ0v) is 13.5. The summed E-state index contributed by atoms with van der Waals surface area (Å²) in [6.45, 7) is 3.96. The number of amides is 2. The van der Waals surface area contributed by atoms with E-state index in [1.54, 1.807) is 32.0 Å². The van der Waals surface area contributed by atoms with Gasteiger partial charge in [-0.3, -0.25) is 19.3 Å². The van der Waals surface area contributed by atoms with Crippen molar-refractivity contribution >= 4 is 33.7 Å². The van der Waals surface area contributed by atoms with Crippen molar-refractivity contribution in [2.75, 3.05) is 13.2 Å². The predicted octanol–water partition coefficient (Wildman–Crippen LogP) is 2.63. The SMILES string of the molecule is CC(C)C(=O)OCCCN1C(=O)c2ccc(Br)cc2C1=O. The summed E-state index contributed by atoms with van der Waals surface area (Å²) in [6.07, 6.45) is 0.436. The van der Waals surface area contributed by atoms with Gasteiger partial charge < -0.3 is 4.74 Å². The van der Waals surface area contributed by atoms with Gasteiger partial charge in [-0.25, -0.2) is 0 Å². The molecule has 2 rings (SSSR count). The Morgan fingerprint density at radius 3 is 2.57 bits per heavy atom. The number of ether oxygens (including phenoxy) is 1. The Morgan fingerprint density at radius 2 is 1.90 bits per heavy atom. The lowest BCUT2D eigenvalue weighted by Gasteiger charge is -2.14. The number of imide groups is 1. The number of benzene rings is 1. The van der Waals surface area contributed by atoms with Crippen LogP contribution in [-0.2, 0) is 9.53 Å². The number of hydrogen-bond donors (Lipinski definition) is 0. The Balaban J connectivity index is 1.93. The van der Waals surface area contributed by atoms with Crippen molar-refractivity contribution in [3.8, 4) is 0 Å². The fourth-order valence-corrected chi connectivity index (χ4v) is 2.39. The topological polar surface area (TPSA) is 63.7 Å². The van der Waals surface area contributed by atoms with Crippen molar-refractivity contribution in [1.82, 2.24) is 4.90 Å². The molecule has 0 atom stereocenters. The predicted molar refractivity (Wildman–Crippen MR) is 79.9 cm³/mol. The Hall–Kier alpha value is -1.69. The van der Waals surface area contributed by atoms with Crippen molar-refractivity contribution in [3.05, 3.63) is 33.8 Å². The summed E-state index contributed by atoms with van der Waals surface area (Å²) in [5.41, 5.74) is 0.830. The summed E-state index contributed by atoms with van der Waals surface area (Å²) in [5, 5.41) is 0. The molecule has 112 valence electrons. The van der Waals surface area contributed by atoms with E-state index in [-0.39, 0.29) is 36.9 Å². The molecule has 21 heavy (non-hydrogen) atoms. The van der Waals surface area contributed by atoms with Crippen LogP contribution in [0.15, 0.2) is 22.7 Å². The summed E-state index contributed by atoms with van der Waals surface area (Å²) in [6, 6.07) is 5.02. The van der Waals surface area contributed by atoms with E-state index in [0.29, 0.717) is 17.5 Å². The van der Waals surface area contributed by atoms with Crippen molar-refractivity contribution < 1.29 is 19.1 Å². The highest BCUT2D eigenvalue weighted by Crippen LogP contribution is 2.26. The van der Waals surface area contributed by atoms with Gasteiger partial charge in [0.2, 0.25) is 0 Å². The van der Waals surface area contributed by atoms with Gasteiger partial charge in [0.15, 0.2) is 0 Å². The summed E-state index contributed by atoms with van der Waals surface area (Å²) in [5.74, 6) is -1.05. The monoisotopic (exact) mass is 353 g/mol. The maximum atomic E-state index is 12.2. The van der Waals surface area contributed by atoms with E-state index in [1.165, 1.54) is 4.90 Å². The van der Waals surface area contributed by atoms with Crippen LogP contribution < -0.4 is 0 Å². The number of hydrogen-bond acceptors (Lipinski definition) is 4. The Kier molecular flexibility index (Phi) is 4.77. The second-order valence-electron chi connectivity index (χ2n) is 5.13. The highest BCUT2D eigenvalue weighted by atomic mass is 79.9. The minimum absolute atomic E-state index is 0.179. The van der Waals surface area contributed by atoms with Crippen LogP contribution in [0.25, 0.3) is 0 Å². The smallest absolute Gasteiger partial charge is 0.308 e. The van der Waals surface area contributed by atoms with Crippen molar-refractivity contribution in [1.29, 1.82) is 0 Å². The summed E-state index contributed by atoms with van der Waals surface area (Å²) < 4.78 is 5.79. The number of carbonyl (C=O) groups is 3. The molecule has 5 nitrogen and oxygen atoms in total. The third-order valence-corrected chi connectivity index (χ3v) is 3.67. The van der Waals surface area contributed by atoms with Crippen LogP contribution in [0.5, 0.6) is 0 Å². The molecule has 2 amide bonds. The molecule has 1 heterocycles. The molecule has 0 saturated carbocycles. The fourth-order valence-electron chi connectivity index (χ4n) is 2.03. The first kappa shape index (κ1) is 15.7. The van der Waals surface area contributed by atoms with Gasteiger partial charge in [0.05, 0.1) is 23.7 Å². The Bertz CT molecular complexity index is 597. The van der Waals surface area contributed by atoms with Gasteiger partial charge in [0, 0.05) is 11.0 Å². The van der Waals surface area contributed by atoms with E-state index in [9.17, 15) is 14.4 Å². The molecule has 1 aliphatic heterocycles. The molecule has 0 bridgehead atoms. The third kappa shape index (κ3) is 3.32. The molecule has 0 unspecified atom stereocenters. The van der Waals surface area contributed by atoms with Crippen molar-refractivity contribution in [3.63, 3.8) is 0 Å². The zero-order chi connectivity index (χ0) is 15.6. The van der Waals surface area contributed by atoms with Gasteiger partial charge in [-0.05, 0) is 24.6 Å². The number of carbonyl (C=O) groups excluding carboxylic acids is 3. The normalized spacial score (nSPS) is 13.8. The molecule has 0 spiro atoms. The van der Waals surface area contributed by atoms with Gasteiger partial charge in [0.1, 0.15) is 0 Å². The average Bonchev–Trinajstić information content (AvgIpc) is 2.67. The molecular formula is C15H16BrNO4. The minimum atomic E-state index is -0.300. The molecule has 0 N–H and O–H groups in total. The molecule has 0 aromatic heterocycles. The fraction of sp³-hybridized carbons (Fsp3) is 0.400. The van der Waals surface area contributed by atoms with Crippen LogP contribution in [-0.4, -0.2) is 35.8 Å². The summed E-state index contributed by atoms with van der Waals surface area (Å²) in [4.78, 5) is 36.8. The number of fused-ring (bicyclic) bond motifs is 1. The summed E-state index contributed by atoms with van der Waals surface area (Å²) in [7, 11) is 0. The lowest BCUT2D eigenvalue weighted by molar-refractivity contribution is -0.147. The number of rotatable bonds is 5. The minimum Gasteiger partial charge on any atom is -0.465 e. The molecule has 6 heteroatoms. The van der Waals surface area contributed by atoms with Gasteiger partial charge in [-0.15, -0.1) is 0 Å². The van der Waals surface area contributed by atoms with Crippen LogP contribution >= 0.6 is 15.9 Å². The van der Waals surface area contributed by atoms with E-state index in [4.69, 9.17) is 4.74 Å². The quantitative estimate of drug-likeness (QED) is 0.463. The zero-order valence-electron chi connectivity index (χ0n) is 11.9. The molecule has 0 aliphatic carbocycles. The number of esters is 1. The summed E-state index contributed by atoms with van der Waals surface area (Å²) >= 11 is 3.29. The molecule has 1 aromatic carbocycles. The van der Waals surface area contributed by atoms with Gasteiger partial charge in [-0.2, -0.15) is 0 Å². The van der Waals surface area contributed by atoms with E-state index in [2.05, 4.69) is 15.9 Å². The maximum absolute atomic E-state index is 12.2. The molecule has 1 aliphatic rings. The first-order chi connectivity index (χ1) is 9.91. The Morgan fingerprint density at radius 1 is 1.24 bits per heavy atom. The van der Waals surface area contributed by atoms with E-state index < -0.39 is 0 Å². The number of nitrogens with zero attached hydrogens (tertiary/aromatic N) is 1. The molecule has 0 radical (unpaired) electrons. The second-order valence-corrected chi connectivity index (χ2v) is 6.04. The second kappa shape index (κ2) is 6.39. The van der Waals surface area contributed by atoms with Crippen LogP contribution in [0.1, 0.15) is 41.0 Å². The Labute approximate surface area is 131 Å². The van der Waals surface area contributed by atoms with Gasteiger partial charge >= 0.3 is 5.97 Å². The third-order valence-electron chi connectivity index (χ3n) is 3.17. The van der Waals surface area contributed by atoms with Gasteiger partial charge in [0.25, 0.3) is 11.8 Å². The van der Waals surface area contributed by atoms with Gasteiger partial charge in [-0.1, -0.05) is 29.8 Å². The van der Waals surface area contributed by atoms with Crippen LogP contribution in [0.3, 0.4) is 0 Å². The van der Waals surface area contributed by atoms with Crippen molar-refractivity contribution in [2.45, 2.75) is 20.3 Å². The molecular weight excluding hydrogens is 338 g/mol. The highest BCUT2D eigenvalue weighted by molar-refractivity contribution is 9.10. The first-order valence-electron chi connectivity index (χ1n) is 6.74. The standard InChI is InChI=1S/C15H16BrNO4/c1-9(2)15(20)21-7-3-6-17-13(18)11-5-4-10(16)8-12(11)14(17)19/h4-5,8-9H,3,6-7H2,1-2H3. The van der Waals surface area contributed by atoms with E-state index >= 15 is 0 Å². The largest absolute Gasteiger partial charge is 0.465 e. The average molecular weight is 354 g/mol. The lowest BCUT2D eigenvalue weighted by Crippen LogP contribution is -2.31. The molecule has 0 saturated heterocycles. The van der Waals surface area contributed by atoms with E-state index in [0.717, 1.165) is 4.47 Å². The van der Waals surface area contributed by atoms with Crippen LogP contribution in [0.2, 0.25) is 0 Å². The number of halogens is 1. The maximum Gasteiger partial charge on any atom is 0.308 e. The molecule has 0 fully saturated rings. The van der Waals surface area contributed by atoms with Crippen LogP contribution in [0.4, 0.5) is 0 Å². The van der Waals surface area contributed by atoms with E-state index in [1.807, 2.05) is 0 Å².